The molecule has 0 heterocycles. The molecule has 0 radical (unpaired) electrons. The Labute approximate surface area is 78.7 Å². The number of aliphatic hydroxyl groups is 2. The smallest absolute Gasteiger partial charge is 0.0895 e. The van der Waals surface area contributed by atoms with Gasteiger partial charge in [-0.3, -0.25) is 0 Å². The monoisotopic (exact) mass is 193 g/mol. The van der Waals surface area contributed by atoms with Crippen LogP contribution < -0.4 is 5.32 Å². The Morgan fingerprint density at radius 3 is 2.15 bits per heavy atom. The summed E-state index contributed by atoms with van der Waals surface area (Å²) in [5, 5.41) is 20.6. The SMILES string of the molecule is COCC(COC)NCC(O)CO. The van der Waals surface area contributed by atoms with Crippen molar-refractivity contribution in [1.82, 2.24) is 5.32 Å². The molecule has 0 aromatic heterocycles. The van der Waals surface area contributed by atoms with Crippen LogP contribution in [0.1, 0.15) is 0 Å². The zero-order chi connectivity index (χ0) is 10.1. The van der Waals surface area contributed by atoms with E-state index >= 15 is 0 Å². The van der Waals surface area contributed by atoms with Gasteiger partial charge in [0.1, 0.15) is 0 Å². The average molecular weight is 193 g/mol. The zero-order valence-corrected chi connectivity index (χ0v) is 8.19. The largest absolute Gasteiger partial charge is 0.394 e. The Morgan fingerprint density at radius 2 is 1.77 bits per heavy atom. The highest BCUT2D eigenvalue weighted by Gasteiger charge is 2.09. The van der Waals surface area contributed by atoms with E-state index in [4.69, 9.17) is 19.7 Å². The zero-order valence-electron chi connectivity index (χ0n) is 8.19. The second-order valence-corrected chi connectivity index (χ2v) is 2.85. The van der Waals surface area contributed by atoms with E-state index in [0.717, 1.165) is 0 Å². The predicted octanol–water partition coefficient (Wildman–Crippen LogP) is -1.41. The highest BCUT2D eigenvalue weighted by molar-refractivity contribution is 4.67. The number of nitrogens with one attached hydrogen (secondary N) is 1. The van der Waals surface area contributed by atoms with Crippen LogP contribution in [0.25, 0.3) is 0 Å². The number of methoxy groups -OCH3 is 2. The third kappa shape index (κ3) is 6.92. The van der Waals surface area contributed by atoms with Crippen LogP contribution >= 0.6 is 0 Å². The van der Waals surface area contributed by atoms with Gasteiger partial charge in [-0.25, -0.2) is 0 Å². The lowest BCUT2D eigenvalue weighted by molar-refractivity contribution is 0.0699. The molecule has 0 aromatic carbocycles. The summed E-state index contributed by atoms with van der Waals surface area (Å²) in [4.78, 5) is 0. The Balaban J connectivity index is 3.55. The van der Waals surface area contributed by atoms with Crippen molar-refractivity contribution in [1.29, 1.82) is 0 Å². The first-order valence-electron chi connectivity index (χ1n) is 4.24. The van der Waals surface area contributed by atoms with Crippen LogP contribution in [0.3, 0.4) is 0 Å². The van der Waals surface area contributed by atoms with Crippen molar-refractivity contribution >= 4 is 0 Å². The minimum Gasteiger partial charge on any atom is -0.394 e. The quantitative estimate of drug-likeness (QED) is 0.442. The summed E-state index contributed by atoms with van der Waals surface area (Å²) in [6.07, 6.45) is -0.726. The Bertz CT molecular complexity index is 106. The van der Waals surface area contributed by atoms with Crippen molar-refractivity contribution in [2.24, 2.45) is 0 Å². The van der Waals surface area contributed by atoms with Gasteiger partial charge in [-0.15, -0.1) is 0 Å². The van der Waals surface area contributed by atoms with E-state index in [1.807, 2.05) is 0 Å². The van der Waals surface area contributed by atoms with Gasteiger partial charge >= 0.3 is 0 Å². The third-order valence-corrected chi connectivity index (χ3v) is 1.59. The molecule has 0 fully saturated rings. The molecule has 0 spiro atoms. The molecule has 0 amide bonds. The fraction of sp³-hybridized carbons (Fsp3) is 1.00. The molecule has 0 rings (SSSR count). The molecule has 1 unspecified atom stereocenters. The molecule has 3 N–H and O–H groups in total. The molecule has 1 atom stereocenters. The first-order chi connectivity index (χ1) is 6.24. The summed E-state index contributed by atoms with van der Waals surface area (Å²) in [7, 11) is 3.21. The van der Waals surface area contributed by atoms with E-state index in [0.29, 0.717) is 19.8 Å². The van der Waals surface area contributed by atoms with Crippen molar-refractivity contribution in [3.63, 3.8) is 0 Å². The molecule has 0 saturated carbocycles. The summed E-state index contributed by atoms with van der Waals surface area (Å²) in [5.41, 5.74) is 0. The highest BCUT2D eigenvalue weighted by Crippen LogP contribution is 1.87. The van der Waals surface area contributed by atoms with Gasteiger partial charge in [-0.2, -0.15) is 0 Å². The Hall–Kier alpha value is -0.200. The van der Waals surface area contributed by atoms with E-state index in [2.05, 4.69) is 5.32 Å². The van der Waals surface area contributed by atoms with Crippen LogP contribution in [0.4, 0.5) is 0 Å². The lowest BCUT2D eigenvalue weighted by Gasteiger charge is -2.18. The number of ether oxygens (including phenoxy) is 2. The fourth-order valence-electron chi connectivity index (χ4n) is 0.936. The number of rotatable bonds is 8. The molecule has 0 bridgehead atoms. The highest BCUT2D eigenvalue weighted by atomic mass is 16.5. The summed E-state index contributed by atoms with van der Waals surface area (Å²) >= 11 is 0. The van der Waals surface area contributed by atoms with Gasteiger partial charge in [0.2, 0.25) is 0 Å². The van der Waals surface area contributed by atoms with Crippen molar-refractivity contribution in [2.45, 2.75) is 12.1 Å². The second-order valence-electron chi connectivity index (χ2n) is 2.85. The number of hydrogen-bond acceptors (Lipinski definition) is 5. The molecule has 0 aliphatic rings. The number of aliphatic hydroxyl groups excluding tert-OH is 2. The first kappa shape index (κ1) is 12.8. The minimum atomic E-state index is -0.726. The molecule has 5 nitrogen and oxygen atoms in total. The van der Waals surface area contributed by atoms with Gasteiger partial charge in [0.15, 0.2) is 0 Å². The molecule has 0 aliphatic heterocycles. The van der Waals surface area contributed by atoms with Crippen LogP contribution in [-0.2, 0) is 9.47 Å². The lowest BCUT2D eigenvalue weighted by Crippen LogP contribution is -2.42. The molecule has 0 saturated heterocycles. The summed E-state index contributed by atoms with van der Waals surface area (Å²) in [5.74, 6) is 0. The predicted molar refractivity (Wildman–Crippen MR) is 48.6 cm³/mol. The van der Waals surface area contributed by atoms with Gasteiger partial charge in [-0.05, 0) is 0 Å². The minimum absolute atomic E-state index is 0.0520. The fourth-order valence-corrected chi connectivity index (χ4v) is 0.936. The van der Waals surface area contributed by atoms with Crippen LogP contribution in [0.2, 0.25) is 0 Å². The van der Waals surface area contributed by atoms with E-state index < -0.39 is 6.10 Å². The lowest BCUT2D eigenvalue weighted by atomic mass is 10.3. The van der Waals surface area contributed by atoms with E-state index in [1.165, 1.54) is 0 Å². The molecule has 0 aromatic rings. The molecule has 80 valence electrons. The van der Waals surface area contributed by atoms with Gasteiger partial charge in [0.05, 0.1) is 32.0 Å². The Morgan fingerprint density at radius 1 is 1.23 bits per heavy atom. The molecule has 13 heavy (non-hydrogen) atoms. The van der Waals surface area contributed by atoms with Crippen LogP contribution in [-0.4, -0.2) is 62.9 Å². The maximum absolute atomic E-state index is 9.05. The molecule has 5 heteroatoms. The molecular formula is C8H19NO4. The van der Waals surface area contributed by atoms with Gasteiger partial charge in [0.25, 0.3) is 0 Å². The van der Waals surface area contributed by atoms with Crippen molar-refractivity contribution in [2.75, 3.05) is 40.6 Å². The van der Waals surface area contributed by atoms with Crippen LogP contribution in [0, 0.1) is 0 Å². The van der Waals surface area contributed by atoms with Gasteiger partial charge in [0, 0.05) is 20.8 Å². The number of hydrogen-bond donors (Lipinski definition) is 3. The molecule has 0 aliphatic carbocycles. The molecular weight excluding hydrogens is 174 g/mol. The normalized spacial score (nSPS) is 13.6. The maximum Gasteiger partial charge on any atom is 0.0895 e. The summed E-state index contributed by atoms with van der Waals surface area (Å²) in [6, 6.07) is 0.0520. The summed E-state index contributed by atoms with van der Waals surface area (Å²) < 4.78 is 9.87. The van der Waals surface area contributed by atoms with E-state index in [9.17, 15) is 0 Å². The van der Waals surface area contributed by atoms with Gasteiger partial charge in [-0.1, -0.05) is 0 Å². The second kappa shape index (κ2) is 8.40. The standard InChI is InChI=1S/C8H19NO4/c1-12-5-7(6-13-2)9-3-8(11)4-10/h7-11H,3-6H2,1-2H3. The Kier molecular flexibility index (Phi) is 8.27. The van der Waals surface area contributed by atoms with Crippen molar-refractivity contribution in [3.8, 4) is 0 Å². The maximum atomic E-state index is 9.05. The first-order valence-corrected chi connectivity index (χ1v) is 4.24. The third-order valence-electron chi connectivity index (χ3n) is 1.59. The summed E-state index contributed by atoms with van der Waals surface area (Å²) in [6.45, 7) is 1.14. The van der Waals surface area contributed by atoms with Crippen LogP contribution in [0.15, 0.2) is 0 Å². The van der Waals surface area contributed by atoms with Gasteiger partial charge < -0.3 is 25.0 Å². The average Bonchev–Trinajstić information content (AvgIpc) is 2.14. The van der Waals surface area contributed by atoms with Crippen molar-refractivity contribution < 1.29 is 19.7 Å². The topological polar surface area (TPSA) is 71.0 Å². The van der Waals surface area contributed by atoms with Crippen LogP contribution in [0.5, 0.6) is 0 Å². The van der Waals surface area contributed by atoms with E-state index in [1.54, 1.807) is 14.2 Å². The van der Waals surface area contributed by atoms with E-state index in [-0.39, 0.29) is 12.6 Å². The van der Waals surface area contributed by atoms with Crippen molar-refractivity contribution in [3.05, 3.63) is 0 Å².